The van der Waals surface area contributed by atoms with E-state index < -0.39 is 68.7 Å². The minimum Gasteiger partial charge on any atom is -0.616 e. The quantitative estimate of drug-likeness (QED) is 0.201. The van der Waals surface area contributed by atoms with E-state index in [4.69, 9.17) is 34.8 Å². The van der Waals surface area contributed by atoms with Crippen LogP contribution >= 0.6 is 34.8 Å². The molecule has 0 spiro atoms. The summed E-state index contributed by atoms with van der Waals surface area (Å²) >= 11 is 15.9. The van der Waals surface area contributed by atoms with Crippen molar-refractivity contribution >= 4 is 57.7 Å². The lowest BCUT2D eigenvalue weighted by molar-refractivity contribution is -0.140. The number of halogens is 10. The molecule has 2 aromatic rings. The fourth-order valence-electron chi connectivity index (χ4n) is 2.95. The number of nitrogens with one attached hydrogen (secondary N) is 1. The molecule has 2 aromatic carbocycles. The lowest BCUT2D eigenvalue weighted by Crippen LogP contribution is -2.35. The van der Waals surface area contributed by atoms with Gasteiger partial charge in [0.25, 0.3) is 5.91 Å². The zero-order valence-electron chi connectivity index (χ0n) is 18.3. The minimum absolute atomic E-state index is 0.0728. The Kier molecular flexibility index (Phi) is 10.0. The Hall–Kier alpha value is -1.66. The first kappa shape index (κ1) is 30.6. The maximum atomic E-state index is 14.9. The molecule has 198 valence electrons. The van der Waals surface area contributed by atoms with E-state index >= 15 is 0 Å². The zero-order chi connectivity index (χ0) is 27.6. The molecule has 0 heterocycles. The van der Waals surface area contributed by atoms with Crippen LogP contribution in [0, 0.1) is 0 Å². The lowest BCUT2D eigenvalue weighted by Gasteiger charge is -2.19. The molecule has 0 aliphatic heterocycles. The van der Waals surface area contributed by atoms with Crippen LogP contribution < -0.4 is 5.32 Å². The summed E-state index contributed by atoms with van der Waals surface area (Å²) in [7, 11) is 0. The average molecular weight is 599 g/mol. The Morgan fingerprint density at radius 3 is 2.11 bits per heavy atom. The Morgan fingerprint density at radius 2 is 1.64 bits per heavy atom. The van der Waals surface area contributed by atoms with E-state index in [1.165, 1.54) is 13.2 Å². The van der Waals surface area contributed by atoms with E-state index in [2.05, 4.69) is 5.32 Å². The number of hydrogen-bond acceptors (Lipinski definition) is 2. The summed E-state index contributed by atoms with van der Waals surface area (Å²) in [6.45, 7) is 1.30. The second-order valence-electron chi connectivity index (χ2n) is 7.61. The fourth-order valence-corrected chi connectivity index (χ4v) is 3.88. The van der Waals surface area contributed by atoms with Gasteiger partial charge in [-0.05, 0) is 42.8 Å². The third kappa shape index (κ3) is 7.67. The topological polar surface area (TPSA) is 52.2 Å². The van der Waals surface area contributed by atoms with Gasteiger partial charge in [0.1, 0.15) is 17.0 Å². The normalized spacial score (nSPS) is 15.4. The van der Waals surface area contributed by atoms with Gasteiger partial charge < -0.3 is 9.87 Å². The fraction of sp³-hybridized carbons (Fsp3) is 0.318. The average Bonchev–Trinajstić information content (AvgIpc) is 2.76. The molecule has 0 fully saturated rings. The van der Waals surface area contributed by atoms with Crippen LogP contribution in [0.4, 0.5) is 30.7 Å². The van der Waals surface area contributed by atoms with Crippen molar-refractivity contribution in [3.05, 3.63) is 73.7 Å². The number of hydrogen-bond donors (Lipinski definition) is 1. The third-order valence-corrected chi connectivity index (χ3v) is 7.49. The van der Waals surface area contributed by atoms with Crippen LogP contribution in [0.25, 0.3) is 5.83 Å². The Balaban J connectivity index is 2.51. The largest absolute Gasteiger partial charge is 0.616 e. The van der Waals surface area contributed by atoms with Crippen molar-refractivity contribution < 1.29 is 40.1 Å². The van der Waals surface area contributed by atoms with Crippen LogP contribution in [-0.2, 0) is 17.4 Å². The van der Waals surface area contributed by atoms with Crippen LogP contribution in [0.2, 0.25) is 15.1 Å². The molecule has 0 aliphatic carbocycles. The van der Waals surface area contributed by atoms with Gasteiger partial charge in [-0.15, -0.1) is 0 Å². The first-order chi connectivity index (χ1) is 16.4. The van der Waals surface area contributed by atoms with Crippen molar-refractivity contribution in [3.8, 4) is 0 Å². The van der Waals surface area contributed by atoms with E-state index in [0.29, 0.717) is 6.07 Å². The molecule has 1 N–H and O–H groups in total. The zero-order valence-corrected chi connectivity index (χ0v) is 21.4. The molecule has 36 heavy (non-hydrogen) atoms. The van der Waals surface area contributed by atoms with Crippen molar-refractivity contribution in [1.29, 1.82) is 0 Å². The Morgan fingerprint density at radius 1 is 1.08 bits per heavy atom. The number of carbonyl (C=O) groups is 1. The van der Waals surface area contributed by atoms with E-state index in [0.717, 1.165) is 18.2 Å². The van der Waals surface area contributed by atoms with Crippen LogP contribution in [0.3, 0.4) is 0 Å². The first-order valence-corrected chi connectivity index (χ1v) is 12.6. The highest BCUT2D eigenvalue weighted by Gasteiger charge is 2.41. The number of rotatable bonds is 7. The second kappa shape index (κ2) is 11.8. The first-order valence-electron chi connectivity index (χ1n) is 9.84. The van der Waals surface area contributed by atoms with Gasteiger partial charge in [-0.2, -0.15) is 26.3 Å². The number of carbonyl (C=O) groups excluding carboxylic acids is 1. The van der Waals surface area contributed by atoms with Crippen molar-refractivity contribution in [1.82, 2.24) is 5.32 Å². The molecular formula is C22H17Cl3F7NO2S. The van der Waals surface area contributed by atoms with Crippen LogP contribution in [0.1, 0.15) is 39.9 Å². The Labute approximate surface area is 219 Å². The molecule has 3 unspecified atom stereocenters. The van der Waals surface area contributed by atoms with Gasteiger partial charge in [-0.3, -0.25) is 4.79 Å². The molecular weight excluding hydrogens is 582 g/mol. The SMILES string of the molecule is CC(CNC(=O)c1ccc(/C(F)=C/C(c2cc(Cl)c(Cl)c(Cl)c2)C(F)(F)F)cc1C(F)(F)F)[S+](C)[O-]. The third-order valence-electron chi connectivity index (χ3n) is 4.99. The van der Waals surface area contributed by atoms with Gasteiger partial charge in [-0.25, -0.2) is 4.39 Å². The molecule has 0 bridgehead atoms. The number of alkyl halides is 6. The van der Waals surface area contributed by atoms with Crippen LogP contribution in [0.15, 0.2) is 36.4 Å². The van der Waals surface area contributed by atoms with E-state index in [-0.39, 0.29) is 33.8 Å². The summed E-state index contributed by atoms with van der Waals surface area (Å²) in [6, 6.07) is 3.25. The predicted octanol–water partition coefficient (Wildman–Crippen LogP) is 7.82. The van der Waals surface area contributed by atoms with Gasteiger partial charge in [-0.1, -0.05) is 52.0 Å². The monoisotopic (exact) mass is 597 g/mol. The van der Waals surface area contributed by atoms with E-state index in [9.17, 15) is 40.1 Å². The number of allylic oxidation sites excluding steroid dienone is 1. The maximum Gasteiger partial charge on any atom is 0.417 e. The summed E-state index contributed by atoms with van der Waals surface area (Å²) in [5.74, 6) is -5.43. The van der Waals surface area contributed by atoms with Crippen molar-refractivity contribution in [2.75, 3.05) is 12.8 Å². The summed E-state index contributed by atoms with van der Waals surface area (Å²) in [4.78, 5) is 12.3. The van der Waals surface area contributed by atoms with Gasteiger partial charge in [0.2, 0.25) is 0 Å². The molecule has 1 amide bonds. The van der Waals surface area contributed by atoms with E-state index in [1.807, 2.05) is 0 Å². The minimum atomic E-state index is -5.14. The number of amides is 1. The summed E-state index contributed by atoms with van der Waals surface area (Å²) in [5.41, 5.74) is -3.88. The maximum absolute atomic E-state index is 14.9. The molecule has 0 aliphatic rings. The smallest absolute Gasteiger partial charge is 0.417 e. The second-order valence-corrected chi connectivity index (χ2v) is 10.6. The van der Waals surface area contributed by atoms with Gasteiger partial charge in [0.05, 0.1) is 39.0 Å². The van der Waals surface area contributed by atoms with E-state index in [1.54, 1.807) is 0 Å². The molecule has 0 saturated carbocycles. The predicted molar refractivity (Wildman–Crippen MR) is 127 cm³/mol. The highest BCUT2D eigenvalue weighted by Crippen LogP contribution is 2.42. The van der Waals surface area contributed by atoms with Gasteiger partial charge in [0, 0.05) is 5.56 Å². The highest BCUT2D eigenvalue weighted by atomic mass is 35.5. The molecule has 3 atom stereocenters. The van der Waals surface area contributed by atoms with Gasteiger partial charge in [0.15, 0.2) is 0 Å². The van der Waals surface area contributed by atoms with Crippen LogP contribution in [0.5, 0.6) is 0 Å². The Bertz CT molecular complexity index is 1130. The lowest BCUT2D eigenvalue weighted by atomic mass is 9.95. The van der Waals surface area contributed by atoms with Crippen molar-refractivity contribution in [2.45, 2.75) is 30.4 Å². The molecule has 0 aromatic heterocycles. The summed E-state index contributed by atoms with van der Waals surface area (Å²) < 4.78 is 108. The molecule has 0 saturated heterocycles. The highest BCUT2D eigenvalue weighted by molar-refractivity contribution is 7.91. The van der Waals surface area contributed by atoms with Gasteiger partial charge >= 0.3 is 12.4 Å². The molecule has 2 rings (SSSR count). The summed E-state index contributed by atoms with van der Waals surface area (Å²) in [6.07, 6.45) is -8.78. The number of benzene rings is 2. The van der Waals surface area contributed by atoms with Crippen molar-refractivity contribution in [3.63, 3.8) is 0 Å². The standard InChI is InChI=1S/C22H17Cl3F7NO2S/c1-10(36(2)35)9-33-20(34)13-4-3-11(5-15(13)22(30,31)32)18(26)8-14(21(27,28)29)12-6-16(23)19(25)17(24)7-12/h3-8,10,14H,9H2,1-2H3,(H,33,34)/b18-8-. The summed E-state index contributed by atoms with van der Waals surface area (Å²) in [5, 5.41) is 0.751. The molecule has 3 nitrogen and oxygen atoms in total. The van der Waals surface area contributed by atoms with Crippen molar-refractivity contribution in [2.24, 2.45) is 0 Å². The molecule has 0 radical (unpaired) electrons. The van der Waals surface area contributed by atoms with Crippen LogP contribution in [-0.4, -0.2) is 34.7 Å². The molecule has 14 heteroatoms.